The lowest BCUT2D eigenvalue weighted by molar-refractivity contribution is -0.155. The third kappa shape index (κ3) is 27.3. The fourth-order valence-corrected chi connectivity index (χ4v) is 14.5. The van der Waals surface area contributed by atoms with Gasteiger partial charge in [0.15, 0.2) is 0 Å². The molecule has 2 aliphatic rings. The highest BCUT2D eigenvalue weighted by atomic mass is 16.3. The topological polar surface area (TPSA) is 340 Å². The molecule has 2 fully saturated rings. The summed E-state index contributed by atoms with van der Waals surface area (Å²) in [5, 5.41) is 22.4. The molecule has 29 nitrogen and oxygen atoms in total. The zero-order valence-corrected chi connectivity index (χ0v) is 71.8. The van der Waals surface area contributed by atoms with Crippen molar-refractivity contribution >= 4 is 82.7 Å². The summed E-state index contributed by atoms with van der Waals surface area (Å²) in [5.41, 5.74) is 1.25. The van der Waals surface area contributed by atoms with Crippen molar-refractivity contribution in [2.75, 3.05) is 89.7 Å². The van der Waals surface area contributed by atoms with Gasteiger partial charge in [0.2, 0.25) is 82.7 Å². The van der Waals surface area contributed by atoms with E-state index in [0.717, 1.165) is 16.2 Å². The molecule has 2 heterocycles. The first kappa shape index (κ1) is 96.3. The minimum Gasteiger partial charge on any atom is -0.394 e. The maximum atomic E-state index is 15.5. The van der Waals surface area contributed by atoms with Gasteiger partial charge in [-0.25, -0.2) is 0 Å². The van der Waals surface area contributed by atoms with Gasteiger partial charge in [-0.3, -0.25) is 67.1 Å². The van der Waals surface area contributed by atoms with Gasteiger partial charge in [0, 0.05) is 102 Å². The van der Waals surface area contributed by atoms with E-state index in [4.69, 9.17) is 0 Å². The number of carbonyl (C=O) groups excluding carboxylic acids is 14. The van der Waals surface area contributed by atoms with E-state index in [9.17, 15) is 38.7 Å². The lowest BCUT2D eigenvalue weighted by atomic mass is 9.95. The smallest absolute Gasteiger partial charge is 0.247 e. The highest BCUT2D eigenvalue weighted by Gasteiger charge is 2.45. The number of rotatable bonds is 18. The second-order valence-corrected chi connectivity index (χ2v) is 33.5. The quantitative estimate of drug-likeness (QED) is 0.136. The number of nitrogens with zero attached hydrogens (tertiary/aromatic N) is 10. The van der Waals surface area contributed by atoms with E-state index in [1.807, 2.05) is 76.2 Å². The van der Waals surface area contributed by atoms with Crippen molar-refractivity contribution < 1.29 is 72.2 Å². The molecule has 2 aromatic carbocycles. The van der Waals surface area contributed by atoms with Gasteiger partial charge < -0.3 is 75.4 Å². The van der Waals surface area contributed by atoms with Crippen LogP contribution in [0.25, 0.3) is 0 Å². The molecule has 0 aromatic heterocycles. The van der Waals surface area contributed by atoms with E-state index in [0.29, 0.717) is 43.5 Å². The first-order valence-electron chi connectivity index (χ1n) is 40.5. The summed E-state index contributed by atoms with van der Waals surface area (Å²) >= 11 is 0. The number of hydrogen-bond acceptors (Lipinski definition) is 15. The lowest BCUT2D eigenvalue weighted by Gasteiger charge is -2.39. The van der Waals surface area contributed by atoms with Crippen molar-refractivity contribution in [1.82, 2.24) is 70.3 Å². The van der Waals surface area contributed by atoms with Gasteiger partial charge in [-0.2, -0.15) is 0 Å². The Morgan fingerprint density at radius 1 is 0.407 bits per heavy atom. The molecule has 14 amide bonds. The number of amides is 14. The maximum Gasteiger partial charge on any atom is 0.247 e. The number of hydrogen-bond donors (Lipinski definition) is 5. The summed E-state index contributed by atoms with van der Waals surface area (Å²) in [7, 11) is 12.7. The van der Waals surface area contributed by atoms with Gasteiger partial charge in [-0.05, 0) is 112 Å². The predicted molar refractivity (Wildman–Crippen MR) is 433 cm³/mol. The average molecular weight is 1580 g/mol. The molecule has 2 aromatic rings. The number of aliphatic hydroxyl groups is 1. The van der Waals surface area contributed by atoms with Gasteiger partial charge in [0.05, 0.1) is 13.0 Å². The summed E-state index contributed by atoms with van der Waals surface area (Å²) in [6.45, 7) is 24.7. The van der Waals surface area contributed by atoms with Crippen LogP contribution in [0.4, 0.5) is 0 Å². The molecule has 2 saturated heterocycles. The van der Waals surface area contributed by atoms with Crippen LogP contribution in [0.1, 0.15) is 179 Å². The van der Waals surface area contributed by atoms with E-state index < -0.39 is 174 Å². The molecule has 13 atom stereocenters. The summed E-state index contributed by atoms with van der Waals surface area (Å²) in [6, 6.07) is 1.84. The number of likely N-dealkylation sites (tertiary alicyclic amines) is 1. The molecule has 632 valence electrons. The van der Waals surface area contributed by atoms with Crippen molar-refractivity contribution in [2.24, 2.45) is 35.5 Å². The normalized spacial score (nSPS) is 25.8. The largest absolute Gasteiger partial charge is 0.394 e. The first-order chi connectivity index (χ1) is 52.9. The molecule has 0 unspecified atom stereocenters. The molecule has 0 radical (unpaired) electrons. The van der Waals surface area contributed by atoms with E-state index in [-0.39, 0.29) is 87.5 Å². The second-order valence-electron chi connectivity index (χ2n) is 33.5. The Kier molecular flexibility index (Phi) is 38.5. The predicted octanol–water partition coefficient (Wildman–Crippen LogP) is 4.60. The van der Waals surface area contributed by atoms with E-state index in [1.165, 1.54) is 112 Å². The molecule has 29 heteroatoms. The fourth-order valence-electron chi connectivity index (χ4n) is 14.5. The first-order valence-corrected chi connectivity index (χ1v) is 40.5. The Hall–Kier alpha value is -9.02. The number of nitrogens with one attached hydrogen (secondary N) is 4. The second kappa shape index (κ2) is 45.2. The van der Waals surface area contributed by atoms with Crippen LogP contribution in [0, 0.1) is 35.5 Å². The Labute approximate surface area is 672 Å². The molecule has 0 saturated carbocycles. The Morgan fingerprint density at radius 3 is 1.19 bits per heavy atom. The molecule has 113 heavy (non-hydrogen) atoms. The number of piperidine rings is 1. The molecule has 0 bridgehead atoms. The molecule has 2 aliphatic heterocycles. The zero-order valence-electron chi connectivity index (χ0n) is 71.8. The van der Waals surface area contributed by atoms with Gasteiger partial charge in [0.1, 0.15) is 72.5 Å². The molecule has 4 rings (SSSR count). The molecular weight excluding hydrogens is 1450 g/mol. The molecule has 5 N–H and O–H groups in total. The van der Waals surface area contributed by atoms with Crippen molar-refractivity contribution in [3.63, 3.8) is 0 Å². The number of likely N-dealkylation sites (N-methyl/N-ethyl adjacent to an activating group) is 8. The van der Waals surface area contributed by atoms with Crippen LogP contribution < -0.4 is 21.3 Å². The Balaban J connectivity index is 1.95. The van der Waals surface area contributed by atoms with Crippen molar-refractivity contribution in [3.8, 4) is 0 Å². The number of aliphatic hydroxyl groups excluding tert-OH is 1. The van der Waals surface area contributed by atoms with Gasteiger partial charge in [-0.1, -0.05) is 150 Å². The maximum absolute atomic E-state index is 15.5. The van der Waals surface area contributed by atoms with Crippen LogP contribution in [0.15, 0.2) is 60.7 Å². The zero-order chi connectivity index (χ0) is 85.3. The van der Waals surface area contributed by atoms with Crippen molar-refractivity contribution in [1.29, 1.82) is 0 Å². The molecule has 0 aliphatic carbocycles. The third-order valence-electron chi connectivity index (χ3n) is 22.2. The molecular formula is C84H136N14O15. The highest BCUT2D eigenvalue weighted by Crippen LogP contribution is 2.26. The summed E-state index contributed by atoms with van der Waals surface area (Å²) in [4.78, 5) is 222. The minimum absolute atomic E-state index is 0.0481. The highest BCUT2D eigenvalue weighted by molar-refractivity contribution is 6.00. The van der Waals surface area contributed by atoms with E-state index in [1.54, 1.807) is 72.5 Å². The number of carbonyl (C=O) groups is 14. The van der Waals surface area contributed by atoms with Gasteiger partial charge >= 0.3 is 0 Å². The van der Waals surface area contributed by atoms with Crippen LogP contribution >= 0.6 is 0 Å². The van der Waals surface area contributed by atoms with E-state index in [2.05, 4.69) is 21.3 Å². The Bertz CT molecular complexity index is 3540. The average Bonchev–Trinajstić information content (AvgIpc) is 0.814. The summed E-state index contributed by atoms with van der Waals surface area (Å²) in [5.74, 6) is -11.1. The van der Waals surface area contributed by atoms with Crippen LogP contribution in [0.5, 0.6) is 0 Å². The third-order valence-corrected chi connectivity index (χ3v) is 22.2. The standard InChI is InChI=1S/C84H136N14O15/c1-24-56(12)72-84(113)97(23)68(45-54(8)9)82(111)90(16)57(13)76(105)92(18)66(48-60-36-30-26-31-37-60)75(104)87-63(50-99)79(108)96(22)67(44-53(6)7)81(110)91(17)58(14)77(106)95(21)69(46-55(10)11)83(112)94(20)65(43-52(4)5)74(103)85-61(47-59-34-28-25-29-35-59)78(107)93(19)64(42-51(2)3)73(102)86-62(80(109)98-39-32-27-33-40-98)49-71(101)89(15)41-38-70(100)88-72/h25-26,28-31,34-37,51-58,61-69,72,99H,24,27,32-33,38-50H2,1-23H3,(H,85,103)(H,86,102)(H,87,104)(H,88,100)/t56-,57-,58-,61-,62-,63-,64-,65-,66-,67-,68-,69-,72-/m0/s1. The fraction of sp³-hybridized carbons (Fsp3) is 0.690. The van der Waals surface area contributed by atoms with Crippen molar-refractivity contribution in [2.45, 2.75) is 253 Å². The van der Waals surface area contributed by atoms with Gasteiger partial charge in [0.25, 0.3) is 0 Å². The van der Waals surface area contributed by atoms with Gasteiger partial charge in [-0.15, -0.1) is 0 Å². The monoisotopic (exact) mass is 1580 g/mol. The van der Waals surface area contributed by atoms with Crippen LogP contribution in [-0.4, -0.2) is 299 Å². The number of benzene rings is 2. The summed E-state index contributed by atoms with van der Waals surface area (Å²) < 4.78 is 0. The van der Waals surface area contributed by atoms with Crippen LogP contribution in [0.3, 0.4) is 0 Å². The molecule has 0 spiro atoms. The minimum atomic E-state index is -1.68. The van der Waals surface area contributed by atoms with Crippen LogP contribution in [0.2, 0.25) is 0 Å². The Morgan fingerprint density at radius 2 is 0.761 bits per heavy atom. The van der Waals surface area contributed by atoms with Crippen LogP contribution in [-0.2, 0) is 80.0 Å². The van der Waals surface area contributed by atoms with Crippen molar-refractivity contribution in [3.05, 3.63) is 71.8 Å². The summed E-state index contributed by atoms with van der Waals surface area (Å²) in [6.07, 6.45) is 2.06. The van der Waals surface area contributed by atoms with E-state index >= 15 is 33.6 Å². The SMILES string of the molecule is CC[C@H](C)[C@@H]1NC(=O)CCN(C)C(=O)C[C@@H](C(=O)N2CCCCC2)NC(=O)[C@H](CC(C)C)N(C)C(=O)[C@H](Cc2ccccc2)NC(=O)[C@H](CC(C)C)N(C)C(=O)[C@H](CC(C)C)N(C)C(=O)[C@H](C)N(C)C(=O)[C@H](CC(C)C)N(C)C(=O)[C@H](CO)NC(=O)[C@H](Cc2ccccc2)N(C)C(=O)[C@H](C)N(C)C(=O)[C@H](CC(C)C)N(C)C1=O. The lowest BCUT2D eigenvalue weighted by Crippen LogP contribution is -2.62.